The lowest BCUT2D eigenvalue weighted by atomic mass is 9.98. The van der Waals surface area contributed by atoms with Crippen LogP contribution >= 0.6 is 0 Å². The summed E-state index contributed by atoms with van der Waals surface area (Å²) in [7, 11) is 0. The number of aromatic nitrogens is 5. The van der Waals surface area contributed by atoms with E-state index in [1.165, 1.54) is 24.3 Å². The Morgan fingerprint density at radius 3 is 1.58 bits per heavy atom. The van der Waals surface area contributed by atoms with Crippen LogP contribution in [0.1, 0.15) is 60.6 Å². The van der Waals surface area contributed by atoms with Crippen LogP contribution in [0.5, 0.6) is 0 Å². The molecule has 494 valence electrons. The predicted molar refractivity (Wildman–Crippen MR) is 351 cm³/mol. The molecule has 5 aromatic carbocycles. The first kappa shape index (κ1) is 66.7. The number of amides is 9. The van der Waals surface area contributed by atoms with Crippen molar-refractivity contribution in [1.29, 1.82) is 0 Å². The van der Waals surface area contributed by atoms with Gasteiger partial charge in [-0.05, 0) is 77.4 Å². The molecule has 9 atom stereocenters. The normalized spacial score (nSPS) is 15.6. The van der Waals surface area contributed by atoms with Crippen molar-refractivity contribution in [3.8, 4) is 0 Å². The second-order valence-corrected chi connectivity index (χ2v) is 23.7. The number of hydrogen-bond donors (Lipinski definition) is 15. The Labute approximate surface area is 543 Å². The Bertz CT molecular complexity index is 4290. The first-order valence-electron chi connectivity index (χ1n) is 31.2. The summed E-state index contributed by atoms with van der Waals surface area (Å²) in [4.78, 5) is 159. The smallest absolute Gasteiger partial charge is 0.326 e. The van der Waals surface area contributed by atoms with Crippen molar-refractivity contribution < 1.29 is 58.2 Å². The fraction of sp³-hybridized carbons (Fsp3) is 0.309. The summed E-state index contributed by atoms with van der Waals surface area (Å²) in [6, 6.07) is 22.8. The van der Waals surface area contributed by atoms with E-state index >= 15 is 19.2 Å². The monoisotopic (exact) mass is 1290 g/mol. The molecule has 1 fully saturated rings. The SMILES string of the molecule is C[C@@H](O)[C@H](NC(=O)[C@H](Cc1cccc2ccccc12)NC(=O)CN)C(=O)N[C@@H](Cc1c[nH]c2ccccc12)C(=O)N[C@@H](CCC(N)=O)C(=O)N[C@@H](Cc1c[nH]c2ccccc12)C(=O)N[C@@H](Cc1cnc[nH]1)C(=O)N1CCC[C@H]1C(=O)N[C@@H](Cc1c[nH]c2ccccc12)C(=O)O. The number of fused-ring (bicyclic) bond motifs is 4. The molecule has 0 spiro atoms. The zero-order valence-corrected chi connectivity index (χ0v) is 51.9. The molecule has 27 nitrogen and oxygen atoms in total. The van der Waals surface area contributed by atoms with Crippen LogP contribution in [0, 0.1) is 0 Å². The predicted octanol–water partition coefficient (Wildman–Crippen LogP) is 1.59. The molecule has 95 heavy (non-hydrogen) atoms. The third-order valence-electron chi connectivity index (χ3n) is 17.1. The van der Waals surface area contributed by atoms with Crippen LogP contribution < -0.4 is 48.7 Å². The maximum absolute atomic E-state index is 15.2. The number of aliphatic carboxylic acids is 1. The minimum Gasteiger partial charge on any atom is -0.480 e. The van der Waals surface area contributed by atoms with E-state index in [0.717, 1.165) is 21.7 Å². The number of likely N-dealkylation sites (tertiary alicyclic amines) is 1. The van der Waals surface area contributed by atoms with Gasteiger partial charge in [0.1, 0.15) is 48.3 Å². The van der Waals surface area contributed by atoms with Crippen molar-refractivity contribution in [2.24, 2.45) is 11.5 Å². The number of carbonyl (C=O) groups is 10. The van der Waals surface area contributed by atoms with E-state index < -0.39 is 133 Å². The summed E-state index contributed by atoms with van der Waals surface area (Å²) in [5.74, 6) is -8.99. The molecule has 1 saturated heterocycles. The highest BCUT2D eigenvalue weighted by Crippen LogP contribution is 2.26. The van der Waals surface area contributed by atoms with Crippen LogP contribution in [0.4, 0.5) is 0 Å². The Morgan fingerprint density at radius 1 is 0.547 bits per heavy atom. The van der Waals surface area contributed by atoms with Crippen LogP contribution in [-0.4, -0.2) is 167 Å². The molecule has 5 heterocycles. The van der Waals surface area contributed by atoms with E-state index in [0.29, 0.717) is 56.2 Å². The number of carbonyl (C=O) groups excluding carboxylic acids is 9. The van der Waals surface area contributed by atoms with Gasteiger partial charge in [0.25, 0.3) is 0 Å². The number of nitrogens with two attached hydrogens (primary N) is 2. The van der Waals surface area contributed by atoms with Crippen LogP contribution in [0.3, 0.4) is 0 Å². The van der Waals surface area contributed by atoms with Gasteiger partial charge in [-0.15, -0.1) is 0 Å². The van der Waals surface area contributed by atoms with Crippen molar-refractivity contribution in [3.63, 3.8) is 0 Å². The van der Waals surface area contributed by atoms with Gasteiger partial charge in [-0.25, -0.2) is 9.78 Å². The van der Waals surface area contributed by atoms with Gasteiger partial charge in [0.05, 0.1) is 19.0 Å². The van der Waals surface area contributed by atoms with Crippen LogP contribution in [0.15, 0.2) is 146 Å². The number of H-pyrrole nitrogens is 4. The lowest BCUT2D eigenvalue weighted by Gasteiger charge is -2.31. The third kappa shape index (κ3) is 16.4. The summed E-state index contributed by atoms with van der Waals surface area (Å²) in [5, 5.41) is 44.1. The van der Waals surface area contributed by atoms with E-state index in [9.17, 15) is 39.0 Å². The number of aliphatic hydroxyl groups is 1. The number of aromatic amines is 4. The number of nitrogens with one attached hydrogen (secondary N) is 11. The fourth-order valence-corrected chi connectivity index (χ4v) is 12.2. The molecule has 0 saturated carbocycles. The molecule has 10 rings (SSSR count). The Morgan fingerprint density at radius 2 is 1.03 bits per heavy atom. The highest BCUT2D eigenvalue weighted by atomic mass is 16.4. The summed E-state index contributed by atoms with van der Waals surface area (Å²) < 4.78 is 0. The molecule has 17 N–H and O–H groups in total. The number of hydrogen-bond acceptors (Lipinski definition) is 13. The van der Waals surface area contributed by atoms with Crippen LogP contribution in [-0.2, 0) is 80.0 Å². The standard InChI is InChI=1S/C68H75N15O12/c1-37(84)60(82-64(90)52(76-59(86)31-69)26-39-14-10-13-38-12-2-3-15-44(38)39)66(92)79-54(28-41-33-73-49-20-8-5-17-46(41)49)62(88)77-51(23-24-58(70)85)61(87)78-53(27-40-32-72-48-19-7-4-16-45(40)48)63(89)80-55(30-43-35-71-36-75-43)67(93)83-25-11-22-57(83)65(91)81-56(68(94)95)29-42-34-74-50-21-9-6-18-47(42)50/h2-10,12-21,32-37,51-57,60,72-74,84H,11,22-31,69H2,1H3,(H2,70,85)(H,71,75)(H,76,86)(H,77,88)(H,78,87)(H,79,92)(H,80,89)(H,81,91)(H,82,90)(H,94,95)/t37-,51+,52+,53+,54+,55+,56+,57+,60+/m1/s1. The number of carboxylic acid groups (broad SMARTS) is 1. The van der Waals surface area contributed by atoms with Crippen molar-refractivity contribution in [3.05, 3.63) is 174 Å². The van der Waals surface area contributed by atoms with E-state index in [2.05, 4.69) is 62.1 Å². The van der Waals surface area contributed by atoms with Crippen molar-refractivity contribution >= 4 is 103 Å². The second kappa shape index (κ2) is 30.5. The number of benzene rings is 5. The molecule has 4 aromatic heterocycles. The van der Waals surface area contributed by atoms with E-state index in [-0.39, 0.29) is 45.1 Å². The number of imidazole rings is 1. The molecule has 9 aromatic rings. The average molecular weight is 1290 g/mol. The number of primary amides is 1. The maximum atomic E-state index is 15.2. The zero-order valence-electron chi connectivity index (χ0n) is 51.9. The number of rotatable bonds is 30. The number of aliphatic hydroxyl groups excluding tert-OH is 1. The van der Waals surface area contributed by atoms with E-state index in [4.69, 9.17) is 11.5 Å². The molecular formula is C68H75N15O12. The molecule has 0 aliphatic carbocycles. The lowest BCUT2D eigenvalue weighted by Crippen LogP contribution is -2.62. The summed E-state index contributed by atoms with van der Waals surface area (Å²) in [5.41, 5.74) is 16.3. The van der Waals surface area contributed by atoms with Gasteiger partial charge in [-0.2, -0.15) is 0 Å². The summed E-state index contributed by atoms with van der Waals surface area (Å²) in [6.45, 7) is 0.849. The minimum absolute atomic E-state index is 0.0484. The van der Waals surface area contributed by atoms with Gasteiger partial charge in [-0.1, -0.05) is 97.1 Å². The van der Waals surface area contributed by atoms with Crippen molar-refractivity contribution in [2.45, 2.75) is 119 Å². The molecule has 0 bridgehead atoms. The molecule has 27 heteroatoms. The second-order valence-electron chi connectivity index (χ2n) is 23.7. The third-order valence-corrected chi connectivity index (χ3v) is 17.1. The van der Waals surface area contributed by atoms with Crippen LogP contribution in [0.2, 0.25) is 0 Å². The highest BCUT2D eigenvalue weighted by molar-refractivity contribution is 6.00. The molecule has 1 aliphatic heterocycles. The molecule has 9 amide bonds. The first-order chi connectivity index (χ1) is 45.8. The average Bonchev–Trinajstić information content (AvgIpc) is 1.44. The first-order valence-corrected chi connectivity index (χ1v) is 31.2. The van der Waals surface area contributed by atoms with E-state index in [1.807, 2.05) is 54.6 Å². The Balaban J connectivity index is 0.907. The van der Waals surface area contributed by atoms with Gasteiger partial charge < -0.3 is 83.7 Å². The Kier molecular flexibility index (Phi) is 21.4. The maximum Gasteiger partial charge on any atom is 0.326 e. The highest BCUT2D eigenvalue weighted by Gasteiger charge is 2.41. The van der Waals surface area contributed by atoms with Crippen LogP contribution in [0.25, 0.3) is 43.5 Å². The fourth-order valence-electron chi connectivity index (χ4n) is 12.2. The Hall–Kier alpha value is -11.2. The lowest BCUT2D eigenvalue weighted by molar-refractivity contribution is -0.145. The van der Waals surface area contributed by atoms with Crippen molar-refractivity contribution in [2.75, 3.05) is 13.1 Å². The minimum atomic E-state index is -1.74. The molecule has 0 radical (unpaired) electrons. The van der Waals surface area contributed by atoms with Gasteiger partial charge >= 0.3 is 5.97 Å². The largest absolute Gasteiger partial charge is 0.480 e. The molecule has 0 unspecified atom stereocenters. The van der Waals surface area contributed by atoms with Gasteiger partial charge in [0, 0.05) is 108 Å². The summed E-state index contributed by atoms with van der Waals surface area (Å²) >= 11 is 0. The number of para-hydroxylation sites is 3. The van der Waals surface area contributed by atoms with Gasteiger partial charge in [0.15, 0.2) is 0 Å². The molecule has 1 aliphatic rings. The van der Waals surface area contributed by atoms with Gasteiger partial charge in [0.2, 0.25) is 53.2 Å². The molecular weight excluding hydrogens is 1220 g/mol. The quantitative estimate of drug-likeness (QED) is 0.0304. The van der Waals surface area contributed by atoms with E-state index in [1.54, 1.807) is 79.3 Å². The summed E-state index contributed by atoms with van der Waals surface area (Å²) in [6.07, 6.45) is 5.07. The number of nitrogens with zero attached hydrogens (tertiary/aromatic N) is 2. The topological polar surface area (TPSA) is 427 Å². The zero-order chi connectivity index (χ0) is 67.3. The van der Waals surface area contributed by atoms with Gasteiger partial charge in [-0.3, -0.25) is 43.2 Å². The van der Waals surface area contributed by atoms with Crippen molar-refractivity contribution in [1.82, 2.24) is 67.0 Å². The number of carboxylic acids is 1.